The number of anilines is 1. The van der Waals surface area contributed by atoms with Gasteiger partial charge in [0, 0.05) is 26.2 Å². The lowest BCUT2D eigenvalue weighted by Gasteiger charge is -2.21. The summed E-state index contributed by atoms with van der Waals surface area (Å²) in [7, 11) is 0. The molecular formula is C20H27F3N6O5S. The molecule has 2 aromatic rings. The fourth-order valence-corrected chi connectivity index (χ4v) is 3.65. The molecule has 7 N–H and O–H groups in total. The van der Waals surface area contributed by atoms with E-state index in [2.05, 4.69) is 20.4 Å². The third-order valence-electron chi connectivity index (χ3n) is 4.63. The maximum absolute atomic E-state index is 14.1. The molecule has 35 heavy (non-hydrogen) atoms. The van der Waals surface area contributed by atoms with Crippen molar-refractivity contribution < 1.29 is 37.7 Å². The van der Waals surface area contributed by atoms with Crippen molar-refractivity contribution in [3.8, 4) is 5.88 Å². The van der Waals surface area contributed by atoms with Crippen LogP contribution in [0.4, 0.5) is 23.0 Å². The van der Waals surface area contributed by atoms with E-state index in [1.807, 2.05) is 0 Å². The normalized spacial score (nSPS) is 11.1. The minimum Gasteiger partial charge on any atom is -0.471 e. The van der Waals surface area contributed by atoms with Gasteiger partial charge in [-0.25, -0.2) is 23.0 Å². The topological polar surface area (TPSA) is 162 Å². The van der Waals surface area contributed by atoms with Crippen LogP contribution in [0.15, 0.2) is 6.07 Å². The van der Waals surface area contributed by atoms with Gasteiger partial charge in [-0.05, 0) is 36.5 Å². The number of hydrogen-bond donors (Lipinski definition) is 6. The molecule has 0 atom stereocenters. The number of halogens is 3. The monoisotopic (exact) mass is 520 g/mol. The molecule has 1 heterocycles. The molecule has 0 aliphatic rings. The van der Waals surface area contributed by atoms with Crippen LogP contribution in [0.2, 0.25) is 0 Å². The van der Waals surface area contributed by atoms with Gasteiger partial charge in [-0.15, -0.1) is 0 Å². The average Bonchev–Trinajstić information content (AvgIpc) is 3.21. The van der Waals surface area contributed by atoms with Gasteiger partial charge in [-0.1, -0.05) is 0 Å². The van der Waals surface area contributed by atoms with E-state index < -0.39 is 41.6 Å². The second-order valence-electron chi connectivity index (χ2n) is 7.20. The first-order valence-electron chi connectivity index (χ1n) is 10.5. The molecule has 3 amide bonds. The van der Waals surface area contributed by atoms with E-state index in [9.17, 15) is 22.8 Å². The van der Waals surface area contributed by atoms with E-state index >= 15 is 0 Å². The maximum atomic E-state index is 14.1. The van der Waals surface area contributed by atoms with E-state index in [0.717, 1.165) is 6.07 Å². The number of hydrogen-bond acceptors (Lipinski definition) is 9. The molecule has 0 radical (unpaired) electrons. The summed E-state index contributed by atoms with van der Waals surface area (Å²) >= 11 is 0.663. The van der Waals surface area contributed by atoms with Crippen LogP contribution in [-0.2, 0) is 6.61 Å². The first-order valence-corrected chi connectivity index (χ1v) is 11.3. The van der Waals surface area contributed by atoms with Gasteiger partial charge in [0.1, 0.15) is 23.0 Å². The zero-order chi connectivity index (χ0) is 26.0. The minimum atomic E-state index is -1.42. The van der Waals surface area contributed by atoms with Gasteiger partial charge in [-0.2, -0.15) is 4.37 Å². The highest BCUT2D eigenvalue weighted by atomic mass is 32.1. The Balaban J connectivity index is 1.96. The molecule has 0 aliphatic carbocycles. The van der Waals surface area contributed by atoms with Gasteiger partial charge in [0.15, 0.2) is 11.6 Å². The van der Waals surface area contributed by atoms with Gasteiger partial charge in [0.25, 0.3) is 5.91 Å². The molecule has 0 bridgehead atoms. The van der Waals surface area contributed by atoms with E-state index in [1.54, 1.807) is 5.01 Å². The van der Waals surface area contributed by atoms with Crippen molar-refractivity contribution in [3.05, 3.63) is 40.2 Å². The molecule has 194 valence electrons. The summed E-state index contributed by atoms with van der Waals surface area (Å²) in [5.41, 5.74) is 7.06. The number of amides is 3. The SMILES string of the molecule is Cc1cc(F)c(COc2nsc(NC(=O)NCCCN(CCO)NCCO)c2C(N)=O)c(F)c1F. The van der Waals surface area contributed by atoms with Crippen molar-refractivity contribution in [1.82, 2.24) is 20.1 Å². The zero-order valence-electron chi connectivity index (χ0n) is 18.9. The molecule has 0 aliphatic heterocycles. The smallest absolute Gasteiger partial charge is 0.319 e. The highest BCUT2D eigenvalue weighted by molar-refractivity contribution is 7.11. The van der Waals surface area contributed by atoms with Gasteiger partial charge in [0.2, 0.25) is 5.88 Å². The van der Waals surface area contributed by atoms with Crippen LogP contribution < -0.4 is 26.5 Å². The fraction of sp³-hybridized carbons (Fsp3) is 0.450. The Morgan fingerprint density at radius 2 is 1.91 bits per heavy atom. The maximum Gasteiger partial charge on any atom is 0.319 e. The summed E-state index contributed by atoms with van der Waals surface area (Å²) in [6, 6.07) is 0.147. The van der Waals surface area contributed by atoms with Crippen LogP contribution in [0.5, 0.6) is 5.88 Å². The van der Waals surface area contributed by atoms with Gasteiger partial charge in [0.05, 0.1) is 18.8 Å². The number of hydrazine groups is 1. The number of aliphatic hydroxyl groups is 2. The van der Waals surface area contributed by atoms with Crippen molar-refractivity contribution in [2.75, 3.05) is 44.7 Å². The predicted octanol–water partition coefficient (Wildman–Crippen LogP) is 0.850. The van der Waals surface area contributed by atoms with Crippen molar-refractivity contribution in [3.63, 3.8) is 0 Å². The van der Waals surface area contributed by atoms with E-state index in [4.69, 9.17) is 20.7 Å². The van der Waals surface area contributed by atoms with Crippen LogP contribution in [-0.4, -0.2) is 70.9 Å². The third-order valence-corrected chi connectivity index (χ3v) is 5.38. The zero-order valence-corrected chi connectivity index (χ0v) is 19.7. The molecule has 0 saturated heterocycles. The number of aryl methyl sites for hydroxylation is 1. The van der Waals surface area contributed by atoms with Crippen LogP contribution >= 0.6 is 11.5 Å². The molecule has 2 rings (SSSR count). The second-order valence-corrected chi connectivity index (χ2v) is 7.98. The lowest BCUT2D eigenvalue weighted by molar-refractivity contribution is 0.0996. The Morgan fingerprint density at radius 1 is 1.17 bits per heavy atom. The summed E-state index contributed by atoms with van der Waals surface area (Å²) < 4.78 is 50.9. The van der Waals surface area contributed by atoms with Crippen LogP contribution in [0.1, 0.15) is 27.9 Å². The quantitative estimate of drug-likeness (QED) is 0.121. The Bertz CT molecular complexity index is 1030. The number of rotatable bonds is 14. The summed E-state index contributed by atoms with van der Waals surface area (Å²) in [4.78, 5) is 24.1. The number of aromatic nitrogens is 1. The molecule has 11 nitrogen and oxygen atoms in total. The van der Waals surface area contributed by atoms with E-state index in [0.29, 0.717) is 37.6 Å². The molecular weight excluding hydrogens is 493 g/mol. The predicted molar refractivity (Wildman–Crippen MR) is 121 cm³/mol. The molecule has 0 unspecified atom stereocenters. The average molecular weight is 521 g/mol. The third kappa shape index (κ3) is 8.03. The summed E-state index contributed by atoms with van der Waals surface area (Å²) in [5, 5.41) is 24.5. The van der Waals surface area contributed by atoms with Crippen LogP contribution in [0.3, 0.4) is 0 Å². The lowest BCUT2D eigenvalue weighted by Crippen LogP contribution is -2.43. The molecule has 0 spiro atoms. The lowest BCUT2D eigenvalue weighted by atomic mass is 10.1. The summed E-state index contributed by atoms with van der Waals surface area (Å²) in [5.74, 6) is -5.04. The number of carbonyl (C=O) groups is 2. The van der Waals surface area contributed by atoms with Gasteiger partial charge < -0.3 is 26.0 Å². The van der Waals surface area contributed by atoms with Crippen molar-refractivity contribution in [1.29, 1.82) is 0 Å². The molecule has 0 saturated carbocycles. The number of nitrogens with two attached hydrogens (primary N) is 1. The minimum absolute atomic E-state index is 0.0486. The number of carbonyl (C=O) groups excluding carboxylic acids is 2. The second kappa shape index (κ2) is 13.8. The number of nitrogens with zero attached hydrogens (tertiary/aromatic N) is 2. The Morgan fingerprint density at radius 3 is 2.57 bits per heavy atom. The molecule has 15 heteroatoms. The molecule has 1 aromatic heterocycles. The number of urea groups is 1. The number of benzene rings is 1. The Labute approximate surface area is 203 Å². The fourth-order valence-electron chi connectivity index (χ4n) is 2.92. The first-order chi connectivity index (χ1) is 16.7. The van der Waals surface area contributed by atoms with E-state index in [-0.39, 0.29) is 41.8 Å². The van der Waals surface area contributed by atoms with Gasteiger partial charge in [-0.3, -0.25) is 15.5 Å². The number of nitrogens with one attached hydrogen (secondary N) is 3. The number of ether oxygens (including phenoxy) is 1. The van der Waals surface area contributed by atoms with Gasteiger partial charge >= 0.3 is 6.03 Å². The molecule has 0 fully saturated rings. The van der Waals surface area contributed by atoms with Crippen molar-refractivity contribution in [2.24, 2.45) is 5.73 Å². The van der Waals surface area contributed by atoms with Crippen LogP contribution in [0.25, 0.3) is 0 Å². The molecule has 1 aromatic carbocycles. The van der Waals surface area contributed by atoms with Crippen molar-refractivity contribution in [2.45, 2.75) is 20.0 Å². The first kappa shape index (κ1) is 28.3. The Kier molecular flexibility index (Phi) is 11.1. The number of primary amides is 1. The highest BCUT2D eigenvalue weighted by Crippen LogP contribution is 2.31. The van der Waals surface area contributed by atoms with Crippen molar-refractivity contribution >= 4 is 28.5 Å². The van der Waals surface area contributed by atoms with E-state index in [1.165, 1.54) is 6.92 Å². The summed E-state index contributed by atoms with van der Waals surface area (Å²) in [6.07, 6.45) is 0.496. The summed E-state index contributed by atoms with van der Waals surface area (Å²) in [6.45, 7) is 1.64. The van der Waals surface area contributed by atoms with Crippen LogP contribution in [0, 0.1) is 24.4 Å². The standard InChI is InChI=1S/C20H27F3N6O5S/c1-11-9-13(21)12(16(23)15(11)22)10-34-18-14(17(24)32)19(35-28-18)27-20(33)25-3-2-5-29(6-8-31)26-4-7-30/h9,26,30-31H,2-8,10H2,1H3,(H2,24,32)(H2,25,27,33). The highest BCUT2D eigenvalue weighted by Gasteiger charge is 2.24. The largest absolute Gasteiger partial charge is 0.471 e. The Hall–Kier alpha value is -2.98. The number of aliphatic hydroxyl groups excluding tert-OH is 2.